The molecule has 2 N–H and O–H groups in total. The van der Waals surface area contributed by atoms with Gasteiger partial charge in [0.25, 0.3) is 0 Å². The summed E-state index contributed by atoms with van der Waals surface area (Å²) in [6, 6.07) is -0.129. The first-order chi connectivity index (χ1) is 5.00. The monoisotopic (exact) mass is 158 g/mol. The summed E-state index contributed by atoms with van der Waals surface area (Å²) >= 11 is 0. The minimum Gasteiger partial charge on any atom is -0.339 e. The molecule has 0 aliphatic heterocycles. The largest absolute Gasteiger partial charge is 0.339 e. The van der Waals surface area contributed by atoms with Crippen molar-refractivity contribution in [3.63, 3.8) is 0 Å². The van der Waals surface area contributed by atoms with Gasteiger partial charge in [-0.1, -0.05) is 0 Å². The van der Waals surface area contributed by atoms with E-state index in [4.69, 9.17) is 5.73 Å². The van der Waals surface area contributed by atoms with Crippen LogP contribution in [0.2, 0.25) is 0 Å². The molecular weight excluding hydrogens is 140 g/mol. The molecule has 0 rings (SSSR count). The zero-order valence-corrected chi connectivity index (χ0v) is 7.79. The average Bonchev–Trinajstić information content (AvgIpc) is 1.88. The van der Waals surface area contributed by atoms with Crippen molar-refractivity contribution in [2.24, 2.45) is 5.73 Å². The fraction of sp³-hybridized carbons (Fsp3) is 0.875. The molecule has 1 amide bonds. The Bertz CT molecular complexity index is 132. The molecule has 3 heteroatoms. The summed E-state index contributed by atoms with van der Waals surface area (Å²) in [5, 5.41) is 0. The van der Waals surface area contributed by atoms with Crippen molar-refractivity contribution in [1.82, 2.24) is 4.90 Å². The Balaban J connectivity index is 4.15. The summed E-state index contributed by atoms with van der Waals surface area (Å²) in [6.45, 7) is 8.39. The second kappa shape index (κ2) is 4.34. The molecule has 0 spiro atoms. The molecule has 0 aromatic carbocycles. The third-order valence-electron chi connectivity index (χ3n) is 1.64. The highest BCUT2D eigenvalue weighted by molar-refractivity contribution is 5.81. The van der Waals surface area contributed by atoms with Crippen molar-refractivity contribution in [2.75, 3.05) is 6.54 Å². The Kier molecular flexibility index (Phi) is 4.11. The van der Waals surface area contributed by atoms with Crippen LogP contribution in [0, 0.1) is 0 Å². The van der Waals surface area contributed by atoms with Crippen LogP contribution in [-0.2, 0) is 4.79 Å². The van der Waals surface area contributed by atoms with E-state index in [1.54, 1.807) is 11.8 Å². The van der Waals surface area contributed by atoms with Gasteiger partial charge in [-0.2, -0.15) is 0 Å². The van der Waals surface area contributed by atoms with E-state index in [0.29, 0.717) is 0 Å². The SMILES string of the molecule is CCN(C(=O)[C@H](C)N)C(C)C. The van der Waals surface area contributed by atoms with Crippen LogP contribution in [0.3, 0.4) is 0 Å². The molecule has 0 aromatic rings. The van der Waals surface area contributed by atoms with Gasteiger partial charge >= 0.3 is 0 Å². The Morgan fingerprint density at radius 1 is 1.45 bits per heavy atom. The highest BCUT2D eigenvalue weighted by Gasteiger charge is 2.17. The molecule has 0 saturated heterocycles. The summed E-state index contributed by atoms with van der Waals surface area (Å²) in [5.74, 6) is 0.0301. The third-order valence-corrected chi connectivity index (χ3v) is 1.64. The van der Waals surface area contributed by atoms with Gasteiger partial charge in [-0.15, -0.1) is 0 Å². The van der Waals surface area contributed by atoms with Gasteiger partial charge in [0.1, 0.15) is 0 Å². The molecule has 3 nitrogen and oxygen atoms in total. The van der Waals surface area contributed by atoms with E-state index in [1.165, 1.54) is 0 Å². The Labute approximate surface area is 68.6 Å². The molecule has 0 heterocycles. The second-order valence-corrected chi connectivity index (χ2v) is 3.01. The van der Waals surface area contributed by atoms with Crippen LogP contribution >= 0.6 is 0 Å². The lowest BCUT2D eigenvalue weighted by atomic mass is 10.2. The van der Waals surface area contributed by atoms with Crippen LogP contribution in [0.1, 0.15) is 27.7 Å². The van der Waals surface area contributed by atoms with E-state index < -0.39 is 0 Å². The summed E-state index contributed by atoms with van der Waals surface area (Å²) in [4.78, 5) is 13.1. The number of hydrogen-bond acceptors (Lipinski definition) is 2. The molecule has 0 aliphatic carbocycles. The normalized spacial score (nSPS) is 13.3. The van der Waals surface area contributed by atoms with E-state index in [0.717, 1.165) is 6.54 Å². The highest BCUT2D eigenvalue weighted by Crippen LogP contribution is 1.99. The lowest BCUT2D eigenvalue weighted by Gasteiger charge is -2.26. The molecule has 0 fully saturated rings. The standard InChI is InChI=1S/C8H18N2O/c1-5-10(6(2)3)8(11)7(4)9/h6-7H,5,9H2,1-4H3/t7-/m0/s1. The van der Waals surface area contributed by atoms with E-state index in [1.807, 2.05) is 20.8 Å². The van der Waals surface area contributed by atoms with Gasteiger partial charge in [0, 0.05) is 12.6 Å². The van der Waals surface area contributed by atoms with Crippen molar-refractivity contribution in [3.8, 4) is 0 Å². The fourth-order valence-electron chi connectivity index (χ4n) is 1.04. The zero-order chi connectivity index (χ0) is 9.02. The van der Waals surface area contributed by atoms with Crippen molar-refractivity contribution in [1.29, 1.82) is 0 Å². The third kappa shape index (κ3) is 2.89. The van der Waals surface area contributed by atoms with Crippen LogP contribution in [-0.4, -0.2) is 29.4 Å². The first-order valence-corrected chi connectivity index (χ1v) is 4.06. The average molecular weight is 158 g/mol. The lowest BCUT2D eigenvalue weighted by Crippen LogP contribution is -2.45. The maximum atomic E-state index is 11.3. The molecular formula is C8H18N2O. The predicted octanol–water partition coefficient (Wildman–Crippen LogP) is 0.591. The first-order valence-electron chi connectivity index (χ1n) is 4.06. The van der Waals surface area contributed by atoms with Gasteiger partial charge < -0.3 is 10.6 Å². The highest BCUT2D eigenvalue weighted by atomic mass is 16.2. The Hall–Kier alpha value is -0.570. The summed E-state index contributed by atoms with van der Waals surface area (Å²) in [6.07, 6.45) is 0. The Morgan fingerprint density at radius 2 is 1.91 bits per heavy atom. The van der Waals surface area contributed by atoms with Crippen LogP contribution in [0.15, 0.2) is 0 Å². The molecule has 0 aromatic heterocycles. The van der Waals surface area contributed by atoms with Gasteiger partial charge in [0.05, 0.1) is 6.04 Å². The number of nitrogens with two attached hydrogens (primary N) is 1. The second-order valence-electron chi connectivity index (χ2n) is 3.01. The molecule has 0 bridgehead atoms. The van der Waals surface area contributed by atoms with E-state index >= 15 is 0 Å². The molecule has 11 heavy (non-hydrogen) atoms. The topological polar surface area (TPSA) is 46.3 Å². The minimum atomic E-state index is -0.377. The van der Waals surface area contributed by atoms with E-state index in [-0.39, 0.29) is 18.0 Å². The van der Waals surface area contributed by atoms with E-state index in [2.05, 4.69) is 0 Å². The van der Waals surface area contributed by atoms with Gasteiger partial charge in [-0.05, 0) is 27.7 Å². The van der Waals surface area contributed by atoms with Crippen molar-refractivity contribution < 1.29 is 4.79 Å². The zero-order valence-electron chi connectivity index (χ0n) is 7.79. The van der Waals surface area contributed by atoms with Gasteiger partial charge in [0.2, 0.25) is 5.91 Å². The van der Waals surface area contributed by atoms with Gasteiger partial charge in [-0.25, -0.2) is 0 Å². The number of amides is 1. The number of carbonyl (C=O) groups is 1. The summed E-state index contributed by atoms with van der Waals surface area (Å²) < 4.78 is 0. The van der Waals surface area contributed by atoms with Gasteiger partial charge in [0.15, 0.2) is 0 Å². The van der Waals surface area contributed by atoms with Crippen LogP contribution in [0.5, 0.6) is 0 Å². The molecule has 0 unspecified atom stereocenters. The summed E-state index contributed by atoms with van der Waals surface area (Å²) in [7, 11) is 0. The number of nitrogens with zero attached hydrogens (tertiary/aromatic N) is 1. The maximum absolute atomic E-state index is 11.3. The molecule has 66 valence electrons. The number of hydrogen-bond donors (Lipinski definition) is 1. The number of carbonyl (C=O) groups excluding carboxylic acids is 1. The van der Waals surface area contributed by atoms with Crippen molar-refractivity contribution in [3.05, 3.63) is 0 Å². The van der Waals surface area contributed by atoms with Gasteiger partial charge in [-0.3, -0.25) is 4.79 Å². The predicted molar refractivity (Wildman–Crippen MR) is 46.2 cm³/mol. The Morgan fingerprint density at radius 3 is 2.00 bits per heavy atom. The smallest absolute Gasteiger partial charge is 0.239 e. The van der Waals surface area contributed by atoms with Crippen LogP contribution < -0.4 is 5.73 Å². The number of rotatable bonds is 3. The first kappa shape index (κ1) is 10.4. The maximum Gasteiger partial charge on any atom is 0.239 e. The van der Waals surface area contributed by atoms with Crippen molar-refractivity contribution in [2.45, 2.75) is 39.8 Å². The summed E-state index contributed by atoms with van der Waals surface area (Å²) in [5.41, 5.74) is 5.46. The minimum absolute atomic E-state index is 0.0301. The fourth-order valence-corrected chi connectivity index (χ4v) is 1.04. The van der Waals surface area contributed by atoms with E-state index in [9.17, 15) is 4.79 Å². The molecule has 1 atom stereocenters. The molecule has 0 radical (unpaired) electrons. The molecule has 0 saturated carbocycles. The van der Waals surface area contributed by atoms with Crippen molar-refractivity contribution >= 4 is 5.91 Å². The molecule has 0 aliphatic rings. The lowest BCUT2D eigenvalue weighted by molar-refractivity contribution is -0.133. The quantitative estimate of drug-likeness (QED) is 0.653. The van der Waals surface area contributed by atoms with Crippen LogP contribution in [0.25, 0.3) is 0 Å². The van der Waals surface area contributed by atoms with Crippen LogP contribution in [0.4, 0.5) is 0 Å². The number of likely N-dealkylation sites (N-methyl/N-ethyl adjacent to an activating group) is 1.